The van der Waals surface area contributed by atoms with Crippen molar-refractivity contribution in [1.29, 1.82) is 0 Å². The lowest BCUT2D eigenvalue weighted by Crippen LogP contribution is -2.13. The monoisotopic (exact) mass is 260 g/mol. The fourth-order valence-electron chi connectivity index (χ4n) is 1.86. The standard InChI is InChI=1S/C14H28O4/c1-11(2)14(5-3-12(7-15)8-16)6-4-13(9-17)10-18/h12-13,15-18H,3-10H2,1-2H3. The van der Waals surface area contributed by atoms with Gasteiger partial charge in [0, 0.05) is 38.3 Å². The minimum Gasteiger partial charge on any atom is -0.396 e. The summed E-state index contributed by atoms with van der Waals surface area (Å²) in [5, 5.41) is 36.1. The van der Waals surface area contributed by atoms with Crippen LogP contribution in [-0.4, -0.2) is 46.9 Å². The van der Waals surface area contributed by atoms with Gasteiger partial charge in [0.15, 0.2) is 0 Å². The quantitative estimate of drug-likeness (QED) is 0.443. The normalized spacial score (nSPS) is 11.3. The Balaban J connectivity index is 4.21. The zero-order valence-corrected chi connectivity index (χ0v) is 11.6. The first kappa shape index (κ1) is 17.6. The predicted octanol–water partition coefficient (Wildman–Crippen LogP) is 1.08. The molecule has 0 aromatic rings. The summed E-state index contributed by atoms with van der Waals surface area (Å²) in [5.74, 6) is -0.100. The first-order valence-corrected chi connectivity index (χ1v) is 6.67. The number of hydrogen-bond acceptors (Lipinski definition) is 4. The lowest BCUT2D eigenvalue weighted by molar-refractivity contribution is 0.140. The highest BCUT2D eigenvalue weighted by atomic mass is 16.3. The average Bonchev–Trinajstić information content (AvgIpc) is 2.37. The Bertz CT molecular complexity index is 208. The zero-order valence-electron chi connectivity index (χ0n) is 11.6. The minimum atomic E-state index is -0.0502. The van der Waals surface area contributed by atoms with Crippen molar-refractivity contribution in [1.82, 2.24) is 0 Å². The van der Waals surface area contributed by atoms with Crippen molar-refractivity contribution >= 4 is 0 Å². The van der Waals surface area contributed by atoms with Crippen molar-refractivity contribution < 1.29 is 20.4 Å². The SMILES string of the molecule is CC(C)=C(CCC(CO)CO)CCC(CO)CO. The molecule has 0 amide bonds. The lowest BCUT2D eigenvalue weighted by atomic mass is 9.92. The molecule has 0 aromatic heterocycles. The van der Waals surface area contributed by atoms with E-state index in [1.54, 1.807) is 0 Å². The van der Waals surface area contributed by atoms with Crippen LogP contribution < -0.4 is 0 Å². The third kappa shape index (κ3) is 7.11. The third-order valence-corrected chi connectivity index (χ3v) is 3.45. The van der Waals surface area contributed by atoms with E-state index in [4.69, 9.17) is 20.4 Å². The zero-order chi connectivity index (χ0) is 14.0. The van der Waals surface area contributed by atoms with Crippen molar-refractivity contribution in [2.45, 2.75) is 39.5 Å². The van der Waals surface area contributed by atoms with Gasteiger partial charge in [-0.15, -0.1) is 0 Å². The van der Waals surface area contributed by atoms with Gasteiger partial charge in [0.2, 0.25) is 0 Å². The van der Waals surface area contributed by atoms with Crippen LogP contribution in [0.4, 0.5) is 0 Å². The number of allylic oxidation sites excluding steroid dienone is 2. The average molecular weight is 260 g/mol. The Morgan fingerprint density at radius 1 is 0.722 bits per heavy atom. The molecule has 0 atom stereocenters. The molecule has 0 heterocycles. The highest BCUT2D eigenvalue weighted by Gasteiger charge is 2.11. The molecule has 4 N–H and O–H groups in total. The van der Waals surface area contributed by atoms with Gasteiger partial charge in [-0.2, -0.15) is 0 Å². The van der Waals surface area contributed by atoms with Gasteiger partial charge >= 0.3 is 0 Å². The van der Waals surface area contributed by atoms with Crippen molar-refractivity contribution in [3.8, 4) is 0 Å². The van der Waals surface area contributed by atoms with Gasteiger partial charge in [-0.1, -0.05) is 11.1 Å². The summed E-state index contributed by atoms with van der Waals surface area (Å²) in [4.78, 5) is 0. The molecule has 0 unspecified atom stereocenters. The highest BCUT2D eigenvalue weighted by molar-refractivity contribution is 5.10. The van der Waals surface area contributed by atoms with Crippen molar-refractivity contribution in [2.24, 2.45) is 11.8 Å². The first-order valence-electron chi connectivity index (χ1n) is 6.67. The molecule has 0 aliphatic heterocycles. The maximum absolute atomic E-state index is 9.03. The summed E-state index contributed by atoms with van der Waals surface area (Å²) < 4.78 is 0. The summed E-state index contributed by atoms with van der Waals surface area (Å²) in [5.41, 5.74) is 2.55. The van der Waals surface area contributed by atoms with E-state index in [0.29, 0.717) is 0 Å². The summed E-state index contributed by atoms with van der Waals surface area (Å²) in [6.07, 6.45) is 3.27. The van der Waals surface area contributed by atoms with E-state index in [1.165, 1.54) is 11.1 Å². The molecule has 0 radical (unpaired) electrons. The number of aliphatic hydroxyl groups is 4. The Kier molecular flexibility index (Phi) is 10.3. The van der Waals surface area contributed by atoms with Crippen LogP contribution in [0.25, 0.3) is 0 Å². The second kappa shape index (κ2) is 10.5. The fraction of sp³-hybridized carbons (Fsp3) is 0.857. The second-order valence-corrected chi connectivity index (χ2v) is 5.14. The largest absolute Gasteiger partial charge is 0.396 e. The van der Waals surface area contributed by atoms with E-state index in [-0.39, 0.29) is 38.3 Å². The molecule has 0 saturated heterocycles. The van der Waals surface area contributed by atoms with Crippen LogP contribution in [-0.2, 0) is 0 Å². The van der Waals surface area contributed by atoms with Gasteiger partial charge in [0.25, 0.3) is 0 Å². The molecule has 0 bridgehead atoms. The van der Waals surface area contributed by atoms with Gasteiger partial charge in [0.1, 0.15) is 0 Å². The maximum Gasteiger partial charge on any atom is 0.0481 e. The first-order chi connectivity index (χ1) is 8.58. The molecule has 4 nitrogen and oxygen atoms in total. The molecule has 18 heavy (non-hydrogen) atoms. The Hall–Kier alpha value is -0.420. The van der Waals surface area contributed by atoms with Gasteiger partial charge in [0.05, 0.1) is 0 Å². The molecule has 4 heteroatoms. The van der Waals surface area contributed by atoms with Crippen LogP contribution in [0.15, 0.2) is 11.1 Å². The Morgan fingerprint density at radius 2 is 1.06 bits per heavy atom. The molecule has 0 saturated carbocycles. The van der Waals surface area contributed by atoms with Gasteiger partial charge in [-0.05, 0) is 39.5 Å². The molecule has 108 valence electrons. The second-order valence-electron chi connectivity index (χ2n) is 5.14. The molecule has 0 fully saturated rings. The van der Waals surface area contributed by atoms with Gasteiger partial charge in [-0.3, -0.25) is 0 Å². The fourth-order valence-corrected chi connectivity index (χ4v) is 1.86. The molecule has 0 spiro atoms. The molecule has 0 aliphatic carbocycles. The smallest absolute Gasteiger partial charge is 0.0481 e. The van der Waals surface area contributed by atoms with E-state index in [9.17, 15) is 0 Å². The van der Waals surface area contributed by atoms with E-state index in [1.807, 2.05) is 0 Å². The number of rotatable bonds is 10. The number of aliphatic hydroxyl groups excluding tert-OH is 4. The lowest BCUT2D eigenvalue weighted by Gasteiger charge is -2.16. The van der Waals surface area contributed by atoms with Crippen molar-refractivity contribution in [2.75, 3.05) is 26.4 Å². The summed E-state index contributed by atoms with van der Waals surface area (Å²) in [6, 6.07) is 0. The van der Waals surface area contributed by atoms with E-state index in [2.05, 4.69) is 13.8 Å². The van der Waals surface area contributed by atoms with E-state index < -0.39 is 0 Å². The predicted molar refractivity (Wildman–Crippen MR) is 72.2 cm³/mol. The molecule has 0 aromatic carbocycles. The molecular weight excluding hydrogens is 232 g/mol. The van der Waals surface area contributed by atoms with Crippen LogP contribution in [0, 0.1) is 11.8 Å². The van der Waals surface area contributed by atoms with E-state index >= 15 is 0 Å². The molecule has 0 rings (SSSR count). The molecule has 0 aliphatic rings. The van der Waals surface area contributed by atoms with Gasteiger partial charge in [-0.25, -0.2) is 0 Å². The Morgan fingerprint density at radius 3 is 1.28 bits per heavy atom. The van der Waals surface area contributed by atoms with Crippen molar-refractivity contribution in [3.05, 3.63) is 11.1 Å². The van der Waals surface area contributed by atoms with Crippen LogP contribution in [0.1, 0.15) is 39.5 Å². The summed E-state index contributed by atoms with van der Waals surface area (Å²) >= 11 is 0. The minimum absolute atomic E-state index is 0.0163. The van der Waals surface area contributed by atoms with E-state index in [0.717, 1.165) is 25.7 Å². The van der Waals surface area contributed by atoms with Gasteiger partial charge < -0.3 is 20.4 Å². The molecular formula is C14H28O4. The topological polar surface area (TPSA) is 80.9 Å². The number of hydrogen-bond donors (Lipinski definition) is 4. The Labute approximate surface area is 110 Å². The van der Waals surface area contributed by atoms with Crippen molar-refractivity contribution in [3.63, 3.8) is 0 Å². The van der Waals surface area contributed by atoms with Crippen LogP contribution in [0.3, 0.4) is 0 Å². The van der Waals surface area contributed by atoms with Crippen LogP contribution in [0.2, 0.25) is 0 Å². The van der Waals surface area contributed by atoms with Crippen LogP contribution in [0.5, 0.6) is 0 Å². The maximum atomic E-state index is 9.03. The third-order valence-electron chi connectivity index (χ3n) is 3.45. The highest BCUT2D eigenvalue weighted by Crippen LogP contribution is 2.22. The summed E-state index contributed by atoms with van der Waals surface area (Å²) in [7, 11) is 0. The summed E-state index contributed by atoms with van der Waals surface area (Å²) in [6.45, 7) is 4.17. The van der Waals surface area contributed by atoms with Crippen LogP contribution >= 0.6 is 0 Å².